The molecule has 6 nitrogen and oxygen atoms in total. The van der Waals surface area contributed by atoms with Crippen LogP contribution in [0.2, 0.25) is 0 Å². The van der Waals surface area contributed by atoms with Crippen molar-refractivity contribution in [2.45, 2.75) is 35.8 Å². The molecule has 1 fully saturated rings. The Morgan fingerprint density at radius 1 is 1.10 bits per heavy atom. The van der Waals surface area contributed by atoms with Crippen molar-refractivity contribution in [3.63, 3.8) is 0 Å². The second-order valence-corrected chi connectivity index (χ2v) is 10.4. The van der Waals surface area contributed by atoms with Crippen LogP contribution in [0.1, 0.15) is 18.1 Å². The van der Waals surface area contributed by atoms with Crippen LogP contribution in [0.5, 0.6) is 0 Å². The molecule has 2 aromatic rings. The van der Waals surface area contributed by atoms with Gasteiger partial charge in [0.05, 0.1) is 23.4 Å². The number of hydrogen-bond donors (Lipinski definition) is 1. The summed E-state index contributed by atoms with van der Waals surface area (Å²) >= 11 is 1.51. The van der Waals surface area contributed by atoms with Gasteiger partial charge >= 0.3 is 0 Å². The van der Waals surface area contributed by atoms with Gasteiger partial charge in [-0.05, 0) is 56.7 Å². The fraction of sp³-hybridized carbons (Fsp3) is 0.381. The molecule has 2 aromatic carbocycles. The van der Waals surface area contributed by atoms with Gasteiger partial charge in [0.25, 0.3) is 0 Å². The van der Waals surface area contributed by atoms with Gasteiger partial charge < -0.3 is 10.1 Å². The van der Waals surface area contributed by atoms with E-state index in [2.05, 4.69) is 23.5 Å². The molecule has 1 aliphatic heterocycles. The summed E-state index contributed by atoms with van der Waals surface area (Å²) < 4.78 is 32.0. The number of nitrogens with one attached hydrogen (secondary N) is 1. The third kappa shape index (κ3) is 5.39. The first-order valence-corrected chi connectivity index (χ1v) is 11.8. The summed E-state index contributed by atoms with van der Waals surface area (Å²) in [6, 6.07) is 12.5. The largest absolute Gasteiger partial charge is 0.379 e. The molecule has 0 spiro atoms. The number of sulfonamides is 1. The van der Waals surface area contributed by atoms with Gasteiger partial charge in [0.2, 0.25) is 15.9 Å². The molecule has 0 saturated carbocycles. The van der Waals surface area contributed by atoms with E-state index in [1.165, 1.54) is 28.2 Å². The van der Waals surface area contributed by atoms with Crippen molar-refractivity contribution in [1.29, 1.82) is 0 Å². The third-order valence-corrected chi connectivity index (χ3v) is 7.92. The predicted molar refractivity (Wildman–Crippen MR) is 116 cm³/mol. The topological polar surface area (TPSA) is 75.7 Å². The van der Waals surface area contributed by atoms with Gasteiger partial charge in [-0.15, -0.1) is 11.8 Å². The number of rotatable bonds is 6. The number of benzene rings is 2. The second kappa shape index (κ2) is 9.30. The Balaban J connectivity index is 1.64. The highest BCUT2D eigenvalue weighted by Gasteiger charge is 2.26. The molecule has 29 heavy (non-hydrogen) atoms. The molecule has 156 valence electrons. The predicted octanol–water partition coefficient (Wildman–Crippen LogP) is 3.44. The van der Waals surface area contributed by atoms with E-state index < -0.39 is 10.0 Å². The number of amides is 1. The number of nitrogens with zero attached hydrogens (tertiary/aromatic N) is 1. The maximum atomic E-state index is 12.7. The molecule has 1 N–H and O–H groups in total. The molecule has 1 heterocycles. The highest BCUT2D eigenvalue weighted by molar-refractivity contribution is 8.00. The third-order valence-electron chi connectivity index (χ3n) is 4.75. The Morgan fingerprint density at radius 2 is 1.76 bits per heavy atom. The summed E-state index contributed by atoms with van der Waals surface area (Å²) in [5, 5.41) is 2.58. The van der Waals surface area contributed by atoms with E-state index in [1.807, 2.05) is 20.8 Å². The number of hydrogen-bond acceptors (Lipinski definition) is 5. The van der Waals surface area contributed by atoms with E-state index in [4.69, 9.17) is 4.74 Å². The fourth-order valence-electron chi connectivity index (χ4n) is 2.97. The van der Waals surface area contributed by atoms with Crippen molar-refractivity contribution in [3.05, 3.63) is 53.6 Å². The van der Waals surface area contributed by atoms with Crippen LogP contribution in [-0.4, -0.2) is 50.2 Å². The Morgan fingerprint density at radius 3 is 2.41 bits per heavy atom. The van der Waals surface area contributed by atoms with Gasteiger partial charge in [0.15, 0.2) is 0 Å². The lowest BCUT2D eigenvalue weighted by Crippen LogP contribution is -2.40. The molecule has 0 bridgehead atoms. The number of thioether (sulfide) groups is 1. The normalized spacial score (nSPS) is 16.4. The summed E-state index contributed by atoms with van der Waals surface area (Å²) in [6.45, 7) is 7.44. The van der Waals surface area contributed by atoms with Crippen LogP contribution < -0.4 is 5.32 Å². The zero-order chi connectivity index (χ0) is 21.0. The molecule has 1 unspecified atom stereocenters. The van der Waals surface area contributed by atoms with Crippen molar-refractivity contribution in [1.82, 2.24) is 4.31 Å². The molecule has 0 radical (unpaired) electrons. The molecule has 1 atom stereocenters. The standard InChI is InChI=1S/C21H26N2O4S2/c1-15-4-5-16(2)20(14-15)28-17(3)21(24)22-18-6-8-19(9-7-18)29(25,26)23-10-12-27-13-11-23/h4-9,14,17H,10-13H2,1-3H3,(H,22,24). The SMILES string of the molecule is Cc1ccc(C)c(SC(C)C(=O)Nc2ccc(S(=O)(=O)N3CCOCC3)cc2)c1. The molecule has 0 aliphatic carbocycles. The molecule has 1 aliphatic rings. The summed E-state index contributed by atoms with van der Waals surface area (Å²) in [5.41, 5.74) is 2.87. The Labute approximate surface area is 176 Å². The molecular weight excluding hydrogens is 408 g/mol. The Bertz CT molecular complexity index is 969. The zero-order valence-corrected chi connectivity index (χ0v) is 18.5. The minimum Gasteiger partial charge on any atom is -0.379 e. The van der Waals surface area contributed by atoms with E-state index in [0.29, 0.717) is 32.0 Å². The molecule has 3 rings (SSSR count). The van der Waals surface area contributed by atoms with Crippen molar-refractivity contribution in [2.24, 2.45) is 0 Å². The van der Waals surface area contributed by atoms with E-state index in [1.54, 1.807) is 12.1 Å². The van der Waals surface area contributed by atoms with Crippen LogP contribution in [0, 0.1) is 13.8 Å². The zero-order valence-electron chi connectivity index (χ0n) is 16.8. The lowest BCUT2D eigenvalue weighted by atomic mass is 10.2. The minimum atomic E-state index is -3.54. The van der Waals surface area contributed by atoms with Crippen LogP contribution in [0.4, 0.5) is 5.69 Å². The van der Waals surface area contributed by atoms with Crippen molar-refractivity contribution in [3.8, 4) is 0 Å². The average molecular weight is 435 g/mol. The summed E-state index contributed by atoms with van der Waals surface area (Å²) in [5.74, 6) is -0.125. The highest BCUT2D eigenvalue weighted by atomic mass is 32.2. The van der Waals surface area contributed by atoms with Crippen molar-refractivity contribution >= 4 is 33.4 Å². The Kier molecular flexibility index (Phi) is 7.00. The maximum absolute atomic E-state index is 12.7. The smallest absolute Gasteiger partial charge is 0.243 e. The first kappa shape index (κ1) is 21.8. The van der Waals surface area contributed by atoms with Gasteiger partial charge in [-0.1, -0.05) is 17.7 Å². The monoisotopic (exact) mass is 434 g/mol. The van der Waals surface area contributed by atoms with Crippen molar-refractivity contribution < 1.29 is 17.9 Å². The number of anilines is 1. The maximum Gasteiger partial charge on any atom is 0.243 e. The Hall–Kier alpha value is -1.87. The summed E-state index contributed by atoms with van der Waals surface area (Å²) in [4.78, 5) is 13.9. The number of ether oxygens (including phenoxy) is 1. The minimum absolute atomic E-state index is 0.125. The lowest BCUT2D eigenvalue weighted by Gasteiger charge is -2.26. The van der Waals surface area contributed by atoms with E-state index in [9.17, 15) is 13.2 Å². The van der Waals surface area contributed by atoms with E-state index in [0.717, 1.165) is 16.0 Å². The first-order valence-electron chi connectivity index (χ1n) is 9.50. The van der Waals surface area contributed by atoms with E-state index in [-0.39, 0.29) is 16.1 Å². The molecule has 1 amide bonds. The summed E-state index contributed by atoms with van der Waals surface area (Å²) in [7, 11) is -3.54. The number of carbonyl (C=O) groups is 1. The average Bonchev–Trinajstić information content (AvgIpc) is 2.71. The van der Waals surface area contributed by atoms with Crippen LogP contribution in [0.3, 0.4) is 0 Å². The van der Waals surface area contributed by atoms with E-state index >= 15 is 0 Å². The van der Waals surface area contributed by atoms with Crippen LogP contribution in [-0.2, 0) is 19.6 Å². The highest BCUT2D eigenvalue weighted by Crippen LogP contribution is 2.28. The molecule has 0 aromatic heterocycles. The van der Waals surface area contributed by atoms with Gasteiger partial charge in [0.1, 0.15) is 0 Å². The number of aryl methyl sites for hydroxylation is 2. The molecule has 1 saturated heterocycles. The van der Waals surface area contributed by atoms with Gasteiger partial charge in [-0.3, -0.25) is 4.79 Å². The van der Waals surface area contributed by atoms with Crippen LogP contribution in [0.25, 0.3) is 0 Å². The van der Waals surface area contributed by atoms with Crippen LogP contribution in [0.15, 0.2) is 52.3 Å². The first-order chi connectivity index (χ1) is 13.8. The van der Waals surface area contributed by atoms with Gasteiger partial charge in [-0.25, -0.2) is 8.42 Å². The van der Waals surface area contributed by atoms with Crippen LogP contribution >= 0.6 is 11.8 Å². The summed E-state index contributed by atoms with van der Waals surface area (Å²) in [6.07, 6.45) is 0. The quantitative estimate of drug-likeness (QED) is 0.705. The van der Waals surface area contributed by atoms with Gasteiger partial charge in [-0.2, -0.15) is 4.31 Å². The van der Waals surface area contributed by atoms with Crippen molar-refractivity contribution in [2.75, 3.05) is 31.6 Å². The second-order valence-electron chi connectivity index (χ2n) is 7.06. The van der Waals surface area contributed by atoms with Gasteiger partial charge in [0, 0.05) is 23.7 Å². The fourth-order valence-corrected chi connectivity index (χ4v) is 5.43. The molecular formula is C21H26N2O4S2. The number of morpholine rings is 1. The number of carbonyl (C=O) groups excluding carboxylic acids is 1. The lowest BCUT2D eigenvalue weighted by molar-refractivity contribution is -0.115. The molecule has 8 heteroatoms.